The molecule has 4 rings (SSSR count). The fourth-order valence-electron chi connectivity index (χ4n) is 9.07. The van der Waals surface area contributed by atoms with Gasteiger partial charge in [-0.05, 0) is 58.7 Å². The molecule has 0 aromatic heterocycles. The molecule has 2 nitrogen and oxygen atoms in total. The molecule has 0 bridgehead atoms. The molecule has 2 heteroatoms. The Kier molecular flexibility index (Phi) is 26.5. The Morgan fingerprint density at radius 1 is 0.367 bits per heavy atom. The summed E-state index contributed by atoms with van der Waals surface area (Å²) in [4.78, 5) is 0. The lowest BCUT2D eigenvalue weighted by Gasteiger charge is -2.20. The molecule has 0 amide bonds. The molecule has 0 heterocycles. The first-order chi connectivity index (χ1) is 29.8. The van der Waals surface area contributed by atoms with Crippen LogP contribution in [0, 0.1) is 12.3 Å². The highest BCUT2D eigenvalue weighted by Gasteiger charge is 2.19. The van der Waals surface area contributed by atoms with Crippen molar-refractivity contribution in [1.29, 1.82) is 0 Å². The Morgan fingerprint density at radius 3 is 1.12 bits per heavy atom. The van der Waals surface area contributed by atoms with Crippen molar-refractivity contribution in [3.05, 3.63) is 72.3 Å². The fraction of sp³-hybridized carbons (Fsp3) is 0.621. The summed E-state index contributed by atoms with van der Waals surface area (Å²) in [5.74, 6) is 4.71. The summed E-state index contributed by atoms with van der Waals surface area (Å²) in [5.41, 5.74) is 3.14. The summed E-state index contributed by atoms with van der Waals surface area (Å²) in [6.07, 6.45) is 49.7. The zero-order chi connectivity index (χ0) is 42.1. The number of hydrogen-bond acceptors (Lipinski definition) is 2. The van der Waals surface area contributed by atoms with Crippen LogP contribution in [-0.2, 0) is 0 Å². The van der Waals surface area contributed by atoms with Gasteiger partial charge in [-0.15, -0.1) is 6.42 Å². The highest BCUT2D eigenvalue weighted by atomic mass is 16.5. The molecule has 0 saturated heterocycles. The van der Waals surface area contributed by atoms with E-state index in [4.69, 9.17) is 15.9 Å². The predicted molar refractivity (Wildman–Crippen MR) is 265 cm³/mol. The zero-order valence-corrected chi connectivity index (χ0v) is 38.8. The van der Waals surface area contributed by atoms with Crippen LogP contribution in [0.25, 0.3) is 32.7 Å². The monoisotopic (exact) mass is 815 g/mol. The van der Waals surface area contributed by atoms with E-state index in [0.717, 1.165) is 65.0 Å². The smallest absolute Gasteiger partial charge is 0.127 e. The quantitative estimate of drug-likeness (QED) is 0.0333. The molecule has 4 aromatic rings. The SMILES string of the molecule is C#Cc1ccc2c(-c3c(OCCCCCCCCCCCCCCCCCC)ccc4ccccc34)c(OCCCCCCCCCCCCCCCCCC)ccc2c1. The predicted octanol–water partition coefficient (Wildman–Crippen LogP) is 18.9. The first-order valence-electron chi connectivity index (χ1n) is 25.6. The number of fused-ring (bicyclic) bond motifs is 2. The summed E-state index contributed by atoms with van der Waals surface area (Å²) >= 11 is 0. The summed E-state index contributed by atoms with van der Waals surface area (Å²) < 4.78 is 13.4. The standard InChI is InChI=1S/C58H86O2/c1-4-7-9-11-13-15-17-19-21-23-25-27-29-31-33-37-47-59-55-45-42-51-39-35-36-40-53(51)57(55)58-54-44-41-50(6-3)49-52(54)43-46-56(58)60-48-38-34-32-30-28-26-24-22-20-18-16-14-12-10-8-5-2/h3,35-36,39-46,49H,4-5,7-34,37-38,47-48H2,1-2H3. The molecule has 0 spiro atoms. The van der Waals surface area contributed by atoms with Crippen LogP contribution in [0.4, 0.5) is 0 Å². The highest BCUT2D eigenvalue weighted by Crippen LogP contribution is 2.46. The molecule has 0 fully saturated rings. The minimum atomic E-state index is 0.722. The van der Waals surface area contributed by atoms with E-state index in [9.17, 15) is 0 Å². The van der Waals surface area contributed by atoms with Gasteiger partial charge in [-0.3, -0.25) is 0 Å². The lowest BCUT2D eigenvalue weighted by molar-refractivity contribution is 0.301. The molecule has 0 aliphatic carbocycles. The molecular weight excluding hydrogens is 729 g/mol. The van der Waals surface area contributed by atoms with Gasteiger partial charge < -0.3 is 9.47 Å². The number of benzene rings is 4. The molecule has 4 aromatic carbocycles. The van der Waals surface area contributed by atoms with Gasteiger partial charge in [-0.25, -0.2) is 0 Å². The summed E-state index contributed by atoms with van der Waals surface area (Å²) in [7, 11) is 0. The second-order valence-electron chi connectivity index (χ2n) is 18.0. The maximum atomic E-state index is 6.72. The van der Waals surface area contributed by atoms with Crippen LogP contribution in [0.2, 0.25) is 0 Å². The van der Waals surface area contributed by atoms with E-state index in [1.165, 1.54) is 203 Å². The molecule has 0 N–H and O–H groups in total. The van der Waals surface area contributed by atoms with E-state index in [0.29, 0.717) is 0 Å². The van der Waals surface area contributed by atoms with E-state index in [2.05, 4.69) is 86.5 Å². The maximum absolute atomic E-state index is 6.72. The van der Waals surface area contributed by atoms with E-state index >= 15 is 0 Å². The first-order valence-corrected chi connectivity index (χ1v) is 25.6. The van der Waals surface area contributed by atoms with Crippen molar-refractivity contribution in [2.45, 2.75) is 219 Å². The van der Waals surface area contributed by atoms with Crippen molar-refractivity contribution >= 4 is 21.5 Å². The largest absolute Gasteiger partial charge is 0.493 e. The molecule has 0 aliphatic heterocycles. The second kappa shape index (κ2) is 32.3. The van der Waals surface area contributed by atoms with Crippen molar-refractivity contribution in [3.63, 3.8) is 0 Å². The van der Waals surface area contributed by atoms with Crippen LogP contribution in [0.5, 0.6) is 11.5 Å². The van der Waals surface area contributed by atoms with Gasteiger partial charge in [-0.1, -0.05) is 255 Å². The van der Waals surface area contributed by atoms with E-state index in [1.807, 2.05) is 0 Å². The van der Waals surface area contributed by atoms with Crippen molar-refractivity contribution in [2.75, 3.05) is 13.2 Å². The van der Waals surface area contributed by atoms with Gasteiger partial charge >= 0.3 is 0 Å². The second-order valence-corrected chi connectivity index (χ2v) is 18.0. The molecule has 0 atom stereocenters. The van der Waals surface area contributed by atoms with E-state index in [1.54, 1.807) is 0 Å². The Morgan fingerprint density at radius 2 is 0.717 bits per heavy atom. The van der Waals surface area contributed by atoms with Crippen LogP contribution in [0.15, 0.2) is 66.7 Å². The summed E-state index contributed by atoms with van der Waals surface area (Å²) in [5, 5.41) is 4.69. The molecule has 0 unspecified atom stereocenters. The van der Waals surface area contributed by atoms with Crippen molar-refractivity contribution in [1.82, 2.24) is 0 Å². The third-order valence-electron chi connectivity index (χ3n) is 12.8. The Hall–Kier alpha value is -3.44. The number of unbranched alkanes of at least 4 members (excludes halogenated alkanes) is 30. The number of hydrogen-bond donors (Lipinski definition) is 0. The van der Waals surface area contributed by atoms with Crippen molar-refractivity contribution in [3.8, 4) is 35.0 Å². The minimum absolute atomic E-state index is 0.722. The van der Waals surface area contributed by atoms with Crippen molar-refractivity contribution < 1.29 is 9.47 Å². The molecule has 0 saturated carbocycles. The molecule has 330 valence electrons. The van der Waals surface area contributed by atoms with Crippen LogP contribution in [-0.4, -0.2) is 13.2 Å². The number of terminal acetylenes is 1. The van der Waals surface area contributed by atoms with Gasteiger partial charge in [-0.2, -0.15) is 0 Å². The van der Waals surface area contributed by atoms with Crippen LogP contribution in [0.1, 0.15) is 225 Å². The number of ether oxygens (including phenoxy) is 2. The maximum Gasteiger partial charge on any atom is 0.127 e. The third-order valence-corrected chi connectivity index (χ3v) is 12.8. The van der Waals surface area contributed by atoms with E-state index < -0.39 is 0 Å². The van der Waals surface area contributed by atoms with Gasteiger partial charge in [0, 0.05) is 16.7 Å². The third kappa shape index (κ3) is 19.1. The molecular formula is C58H86O2. The van der Waals surface area contributed by atoms with Crippen molar-refractivity contribution in [2.24, 2.45) is 0 Å². The van der Waals surface area contributed by atoms with Gasteiger partial charge in [0.2, 0.25) is 0 Å². The Labute approximate surface area is 369 Å². The van der Waals surface area contributed by atoms with Gasteiger partial charge in [0.15, 0.2) is 0 Å². The number of rotatable bonds is 37. The summed E-state index contributed by atoms with van der Waals surface area (Å²) in [6, 6.07) is 23.8. The lowest BCUT2D eigenvalue weighted by atomic mass is 9.91. The normalized spacial score (nSPS) is 11.4. The highest BCUT2D eigenvalue weighted by molar-refractivity contribution is 6.10. The van der Waals surface area contributed by atoms with Gasteiger partial charge in [0.1, 0.15) is 11.5 Å². The fourth-order valence-corrected chi connectivity index (χ4v) is 9.07. The van der Waals surface area contributed by atoms with E-state index in [-0.39, 0.29) is 0 Å². The Balaban J connectivity index is 1.24. The van der Waals surface area contributed by atoms with Gasteiger partial charge in [0.05, 0.1) is 13.2 Å². The van der Waals surface area contributed by atoms with Crippen LogP contribution >= 0.6 is 0 Å². The summed E-state index contributed by atoms with van der Waals surface area (Å²) in [6.45, 7) is 6.05. The first kappa shape index (κ1) is 49.2. The topological polar surface area (TPSA) is 18.5 Å². The minimum Gasteiger partial charge on any atom is -0.493 e. The van der Waals surface area contributed by atoms with Crippen LogP contribution in [0.3, 0.4) is 0 Å². The zero-order valence-electron chi connectivity index (χ0n) is 38.8. The van der Waals surface area contributed by atoms with Gasteiger partial charge in [0.25, 0.3) is 0 Å². The molecule has 60 heavy (non-hydrogen) atoms. The average Bonchev–Trinajstić information content (AvgIpc) is 3.28. The van der Waals surface area contributed by atoms with Crippen LogP contribution < -0.4 is 9.47 Å². The Bertz CT molecular complexity index is 1730. The molecule has 0 radical (unpaired) electrons. The molecule has 0 aliphatic rings. The average molecular weight is 815 g/mol. The lowest BCUT2D eigenvalue weighted by Crippen LogP contribution is -2.03.